The van der Waals surface area contributed by atoms with Crippen molar-refractivity contribution in [3.63, 3.8) is 0 Å². The largest absolute Gasteiger partial charge is 0.472 e. The predicted octanol–water partition coefficient (Wildman–Crippen LogP) is 2.81. The maximum Gasteiger partial charge on any atom is 0.0952 e. The van der Waals surface area contributed by atoms with Gasteiger partial charge in [0, 0.05) is 30.5 Å². The van der Waals surface area contributed by atoms with Gasteiger partial charge in [0.05, 0.1) is 12.5 Å². The SMILES string of the molecule is Cc1ccc(N)cc1N(C)Cc1ccoc1. The summed E-state index contributed by atoms with van der Waals surface area (Å²) in [5, 5.41) is 0. The lowest BCUT2D eigenvalue weighted by Crippen LogP contribution is -2.17. The van der Waals surface area contributed by atoms with E-state index < -0.39 is 0 Å². The summed E-state index contributed by atoms with van der Waals surface area (Å²) in [6.07, 6.45) is 3.45. The van der Waals surface area contributed by atoms with Crippen LogP contribution in [0.25, 0.3) is 0 Å². The van der Waals surface area contributed by atoms with Gasteiger partial charge in [-0.2, -0.15) is 0 Å². The fourth-order valence-electron chi connectivity index (χ4n) is 1.78. The summed E-state index contributed by atoms with van der Waals surface area (Å²) < 4.78 is 5.05. The highest BCUT2D eigenvalue weighted by molar-refractivity contribution is 5.60. The van der Waals surface area contributed by atoms with Crippen LogP contribution in [-0.2, 0) is 6.54 Å². The average Bonchev–Trinajstić information content (AvgIpc) is 2.74. The molecule has 0 spiro atoms. The molecular weight excluding hydrogens is 200 g/mol. The number of nitrogen functional groups attached to an aromatic ring is 1. The summed E-state index contributed by atoms with van der Waals surface area (Å²) >= 11 is 0. The van der Waals surface area contributed by atoms with Gasteiger partial charge in [-0.05, 0) is 30.7 Å². The Labute approximate surface area is 95.5 Å². The molecule has 1 heterocycles. The smallest absolute Gasteiger partial charge is 0.0952 e. The van der Waals surface area contributed by atoms with Gasteiger partial charge in [-0.3, -0.25) is 0 Å². The van der Waals surface area contributed by atoms with Gasteiger partial charge in [-0.25, -0.2) is 0 Å². The van der Waals surface area contributed by atoms with E-state index in [1.807, 2.05) is 24.3 Å². The molecule has 1 aromatic carbocycles. The lowest BCUT2D eigenvalue weighted by molar-refractivity contribution is 0.563. The molecule has 2 aromatic rings. The van der Waals surface area contributed by atoms with Crippen LogP contribution in [0.5, 0.6) is 0 Å². The van der Waals surface area contributed by atoms with Crippen LogP contribution in [-0.4, -0.2) is 7.05 Å². The Kier molecular flexibility index (Phi) is 2.86. The van der Waals surface area contributed by atoms with Crippen molar-refractivity contribution in [3.05, 3.63) is 47.9 Å². The number of rotatable bonds is 3. The highest BCUT2D eigenvalue weighted by Crippen LogP contribution is 2.23. The first-order valence-electron chi connectivity index (χ1n) is 5.25. The molecule has 0 bridgehead atoms. The Bertz CT molecular complexity index is 463. The molecule has 0 saturated heterocycles. The van der Waals surface area contributed by atoms with E-state index in [2.05, 4.69) is 18.9 Å². The molecule has 0 amide bonds. The summed E-state index contributed by atoms with van der Waals surface area (Å²) in [5.74, 6) is 0. The van der Waals surface area contributed by atoms with E-state index in [0.29, 0.717) is 0 Å². The first-order valence-corrected chi connectivity index (χ1v) is 5.25. The zero-order valence-electron chi connectivity index (χ0n) is 9.60. The maximum atomic E-state index is 5.79. The third-order valence-electron chi connectivity index (χ3n) is 2.64. The van der Waals surface area contributed by atoms with Crippen LogP contribution in [0.2, 0.25) is 0 Å². The minimum Gasteiger partial charge on any atom is -0.472 e. The Morgan fingerprint density at radius 3 is 2.81 bits per heavy atom. The third-order valence-corrected chi connectivity index (χ3v) is 2.64. The van der Waals surface area contributed by atoms with Crippen molar-refractivity contribution in [1.29, 1.82) is 0 Å². The normalized spacial score (nSPS) is 10.4. The van der Waals surface area contributed by atoms with E-state index in [-0.39, 0.29) is 0 Å². The van der Waals surface area contributed by atoms with Crippen molar-refractivity contribution in [1.82, 2.24) is 0 Å². The average molecular weight is 216 g/mol. The molecule has 0 radical (unpaired) electrons. The van der Waals surface area contributed by atoms with E-state index in [9.17, 15) is 0 Å². The number of hydrogen-bond acceptors (Lipinski definition) is 3. The molecule has 16 heavy (non-hydrogen) atoms. The number of furan rings is 1. The molecular formula is C13H16N2O. The van der Waals surface area contributed by atoms with Gasteiger partial charge in [-0.1, -0.05) is 6.07 Å². The second-order valence-electron chi connectivity index (χ2n) is 4.03. The fourth-order valence-corrected chi connectivity index (χ4v) is 1.78. The van der Waals surface area contributed by atoms with Crippen molar-refractivity contribution in [2.45, 2.75) is 13.5 Å². The van der Waals surface area contributed by atoms with Crippen molar-refractivity contribution in [2.24, 2.45) is 0 Å². The van der Waals surface area contributed by atoms with Gasteiger partial charge in [-0.15, -0.1) is 0 Å². The van der Waals surface area contributed by atoms with E-state index >= 15 is 0 Å². The molecule has 0 aliphatic carbocycles. The lowest BCUT2D eigenvalue weighted by Gasteiger charge is -2.21. The molecule has 0 aliphatic heterocycles. The zero-order chi connectivity index (χ0) is 11.5. The minimum absolute atomic E-state index is 0.791. The molecule has 1 aromatic heterocycles. The second kappa shape index (κ2) is 4.31. The number of nitrogens with zero attached hydrogens (tertiary/aromatic N) is 1. The predicted molar refractivity (Wildman–Crippen MR) is 66.4 cm³/mol. The topological polar surface area (TPSA) is 42.4 Å². The van der Waals surface area contributed by atoms with Crippen LogP contribution in [0.15, 0.2) is 41.2 Å². The Morgan fingerprint density at radius 1 is 1.31 bits per heavy atom. The fraction of sp³-hybridized carbons (Fsp3) is 0.231. The van der Waals surface area contributed by atoms with Gasteiger partial charge in [0.15, 0.2) is 0 Å². The van der Waals surface area contributed by atoms with E-state index in [0.717, 1.165) is 23.5 Å². The highest BCUT2D eigenvalue weighted by Gasteiger charge is 2.06. The third kappa shape index (κ3) is 2.19. The zero-order valence-corrected chi connectivity index (χ0v) is 9.60. The minimum atomic E-state index is 0.791. The van der Waals surface area contributed by atoms with Crippen molar-refractivity contribution >= 4 is 11.4 Å². The molecule has 0 aliphatic rings. The van der Waals surface area contributed by atoms with Crippen LogP contribution in [0, 0.1) is 6.92 Å². The van der Waals surface area contributed by atoms with E-state index in [4.69, 9.17) is 10.2 Å². The van der Waals surface area contributed by atoms with Gasteiger partial charge in [0.2, 0.25) is 0 Å². The monoisotopic (exact) mass is 216 g/mol. The van der Waals surface area contributed by atoms with Crippen molar-refractivity contribution in [3.8, 4) is 0 Å². The quantitative estimate of drug-likeness (QED) is 0.802. The second-order valence-corrected chi connectivity index (χ2v) is 4.03. The van der Waals surface area contributed by atoms with Crippen molar-refractivity contribution in [2.75, 3.05) is 17.7 Å². The van der Waals surface area contributed by atoms with Crippen LogP contribution in [0.1, 0.15) is 11.1 Å². The molecule has 0 saturated carbocycles. The highest BCUT2D eigenvalue weighted by atomic mass is 16.3. The summed E-state index contributed by atoms with van der Waals surface area (Å²) in [7, 11) is 2.05. The lowest BCUT2D eigenvalue weighted by atomic mass is 10.1. The van der Waals surface area contributed by atoms with Crippen LogP contribution >= 0.6 is 0 Å². The molecule has 3 heteroatoms. The van der Waals surface area contributed by atoms with Gasteiger partial charge < -0.3 is 15.1 Å². The molecule has 2 rings (SSSR count). The summed E-state index contributed by atoms with van der Waals surface area (Å²) in [4.78, 5) is 2.16. The van der Waals surface area contributed by atoms with Crippen molar-refractivity contribution < 1.29 is 4.42 Å². The van der Waals surface area contributed by atoms with Gasteiger partial charge >= 0.3 is 0 Å². The number of aryl methyl sites for hydroxylation is 1. The number of benzene rings is 1. The van der Waals surface area contributed by atoms with Gasteiger partial charge in [0.1, 0.15) is 0 Å². The first kappa shape index (κ1) is 10.6. The Balaban J connectivity index is 2.20. The van der Waals surface area contributed by atoms with Gasteiger partial charge in [0.25, 0.3) is 0 Å². The summed E-state index contributed by atoms with van der Waals surface area (Å²) in [6.45, 7) is 2.90. The maximum absolute atomic E-state index is 5.79. The number of anilines is 2. The van der Waals surface area contributed by atoms with Crippen LogP contribution < -0.4 is 10.6 Å². The molecule has 0 atom stereocenters. The molecule has 0 unspecified atom stereocenters. The van der Waals surface area contributed by atoms with Crippen LogP contribution in [0.3, 0.4) is 0 Å². The molecule has 2 N–H and O–H groups in total. The molecule has 3 nitrogen and oxygen atoms in total. The first-order chi connectivity index (χ1) is 7.66. The summed E-state index contributed by atoms with van der Waals surface area (Å²) in [6, 6.07) is 7.93. The van der Waals surface area contributed by atoms with E-state index in [1.165, 1.54) is 5.56 Å². The number of nitrogens with two attached hydrogens (primary N) is 1. The standard InChI is InChI=1S/C13H16N2O/c1-10-3-4-12(14)7-13(10)15(2)8-11-5-6-16-9-11/h3-7,9H,8,14H2,1-2H3. The molecule has 84 valence electrons. The van der Waals surface area contributed by atoms with Crippen LogP contribution in [0.4, 0.5) is 11.4 Å². The number of hydrogen-bond donors (Lipinski definition) is 1. The summed E-state index contributed by atoms with van der Waals surface area (Å²) in [5.41, 5.74) is 10.1. The Morgan fingerprint density at radius 2 is 2.12 bits per heavy atom. The Hall–Kier alpha value is -1.90. The van der Waals surface area contributed by atoms with E-state index in [1.54, 1.807) is 12.5 Å². The molecule has 0 fully saturated rings.